The van der Waals surface area contributed by atoms with E-state index in [4.69, 9.17) is 16.3 Å². The van der Waals surface area contributed by atoms with Crippen LogP contribution in [-0.2, 0) is 11.4 Å². The van der Waals surface area contributed by atoms with E-state index in [9.17, 15) is 9.35 Å². The van der Waals surface area contributed by atoms with Crippen molar-refractivity contribution in [2.75, 3.05) is 31.8 Å². The highest BCUT2D eigenvalue weighted by Gasteiger charge is 2.36. The number of nitrogens with one attached hydrogen (secondary N) is 1. The van der Waals surface area contributed by atoms with Crippen LogP contribution in [0, 0.1) is 6.92 Å². The van der Waals surface area contributed by atoms with Crippen molar-refractivity contribution in [1.29, 1.82) is 0 Å². The van der Waals surface area contributed by atoms with Crippen molar-refractivity contribution >= 4 is 45.3 Å². The fourth-order valence-electron chi connectivity index (χ4n) is 3.17. The average Bonchev–Trinajstić information content (AvgIpc) is 3.14. The van der Waals surface area contributed by atoms with Crippen LogP contribution in [-0.4, -0.2) is 61.4 Å². The molecule has 0 aromatic carbocycles. The van der Waals surface area contributed by atoms with Crippen LogP contribution < -0.4 is 10.1 Å². The van der Waals surface area contributed by atoms with Gasteiger partial charge >= 0.3 is 0 Å². The van der Waals surface area contributed by atoms with Crippen LogP contribution in [0.2, 0.25) is 5.15 Å². The highest BCUT2D eigenvalue weighted by atomic mass is 35.5. The summed E-state index contributed by atoms with van der Waals surface area (Å²) in [7, 11) is 1.53. The third-order valence-corrected chi connectivity index (χ3v) is 7.08. The first-order chi connectivity index (χ1) is 14.9. The lowest BCUT2D eigenvalue weighted by Crippen LogP contribution is -2.47. The lowest BCUT2D eigenvalue weighted by Gasteiger charge is -2.35. The van der Waals surface area contributed by atoms with Gasteiger partial charge in [0.05, 0.1) is 32.0 Å². The molecule has 0 radical (unpaired) electrons. The smallest absolute Gasteiger partial charge is 0.259 e. The summed E-state index contributed by atoms with van der Waals surface area (Å²) >= 11 is 6.41. The van der Waals surface area contributed by atoms with Gasteiger partial charge in [-0.05, 0) is 19.1 Å². The van der Waals surface area contributed by atoms with E-state index in [0.717, 1.165) is 10.7 Å². The number of halogens is 1. The Bertz CT molecular complexity index is 1120. The van der Waals surface area contributed by atoms with E-state index in [0.29, 0.717) is 40.7 Å². The molecule has 4 heterocycles. The number of aromatic nitrogens is 4. The SMILES string of the molecule is COc1cnc(Cl)cc1-c1cc(C)ncc1C(=O)Nc1nnc(C2CN([S+](C)[O-])C2)s1. The minimum absolute atomic E-state index is 0.173. The summed E-state index contributed by atoms with van der Waals surface area (Å²) in [5.74, 6) is 0.294. The third-order valence-electron chi connectivity index (χ3n) is 4.85. The molecule has 0 spiro atoms. The Kier molecular flexibility index (Phi) is 6.39. The van der Waals surface area contributed by atoms with Crippen molar-refractivity contribution in [3.8, 4) is 16.9 Å². The third kappa shape index (κ3) is 4.65. The molecule has 1 aliphatic heterocycles. The van der Waals surface area contributed by atoms with Crippen LogP contribution in [0.4, 0.5) is 5.13 Å². The topological polar surface area (TPSA) is 116 Å². The molecule has 4 rings (SSSR count). The number of amides is 1. The number of hydrogen-bond acceptors (Lipinski definition) is 9. The zero-order chi connectivity index (χ0) is 22.1. The summed E-state index contributed by atoms with van der Waals surface area (Å²) in [5, 5.41) is 12.6. The second kappa shape index (κ2) is 9.05. The largest absolute Gasteiger partial charge is 0.598 e. The zero-order valence-electron chi connectivity index (χ0n) is 17.0. The summed E-state index contributed by atoms with van der Waals surface area (Å²) in [6.45, 7) is 3.17. The van der Waals surface area contributed by atoms with Gasteiger partial charge in [-0.25, -0.2) is 4.98 Å². The number of pyridine rings is 2. The predicted molar refractivity (Wildman–Crippen MR) is 120 cm³/mol. The lowest BCUT2D eigenvalue weighted by molar-refractivity contribution is 0.102. The Morgan fingerprint density at radius 3 is 2.77 bits per heavy atom. The maximum atomic E-state index is 13.1. The first-order valence-electron chi connectivity index (χ1n) is 9.25. The molecule has 0 aliphatic carbocycles. The summed E-state index contributed by atoms with van der Waals surface area (Å²) in [6, 6.07) is 3.44. The molecule has 3 aromatic heterocycles. The van der Waals surface area contributed by atoms with Crippen LogP contribution in [0.25, 0.3) is 11.1 Å². The van der Waals surface area contributed by atoms with Crippen LogP contribution in [0.5, 0.6) is 5.75 Å². The Hall–Kier alpha value is -2.31. The number of nitrogens with zero attached hydrogens (tertiary/aromatic N) is 5. The van der Waals surface area contributed by atoms with Crippen molar-refractivity contribution in [2.45, 2.75) is 12.8 Å². The molecule has 1 N–H and O–H groups in total. The van der Waals surface area contributed by atoms with Crippen LogP contribution in [0.3, 0.4) is 0 Å². The lowest BCUT2D eigenvalue weighted by atomic mass is 10.0. The summed E-state index contributed by atoms with van der Waals surface area (Å²) < 4.78 is 18.7. The van der Waals surface area contributed by atoms with Gasteiger partial charge in [-0.15, -0.1) is 14.5 Å². The van der Waals surface area contributed by atoms with Gasteiger partial charge in [0.1, 0.15) is 22.2 Å². The van der Waals surface area contributed by atoms with E-state index >= 15 is 0 Å². The molecular formula is C19H19ClN6O3S2. The number of hydrogen-bond donors (Lipinski definition) is 1. The monoisotopic (exact) mass is 478 g/mol. The molecule has 1 unspecified atom stereocenters. The van der Waals surface area contributed by atoms with Crippen LogP contribution >= 0.6 is 22.9 Å². The molecular weight excluding hydrogens is 460 g/mol. The molecule has 0 bridgehead atoms. The molecule has 12 heteroatoms. The summed E-state index contributed by atoms with van der Waals surface area (Å²) in [4.78, 5) is 21.4. The van der Waals surface area contributed by atoms with Crippen molar-refractivity contribution < 1.29 is 14.1 Å². The number of carbonyl (C=O) groups excluding carboxylic acids is 1. The molecule has 1 fully saturated rings. The van der Waals surface area contributed by atoms with Crippen molar-refractivity contribution in [3.63, 3.8) is 0 Å². The molecule has 0 saturated carbocycles. The highest BCUT2D eigenvalue weighted by molar-refractivity contribution is 7.88. The quantitative estimate of drug-likeness (QED) is 0.424. The number of ether oxygens (including phenoxy) is 1. The standard InChI is InChI=1S/C19H19ClN6O3S2/c1-10-4-12(13-5-16(20)22-7-15(13)29-2)14(6-21-10)17(27)23-19-25-24-18(30-19)11-8-26(9-11)31(3)28/h4-7,11H,8-9H2,1-3H3,(H,23,25,27). The van der Waals surface area contributed by atoms with E-state index in [-0.39, 0.29) is 17.0 Å². The maximum Gasteiger partial charge on any atom is 0.259 e. The van der Waals surface area contributed by atoms with Gasteiger partial charge in [0, 0.05) is 40.3 Å². The summed E-state index contributed by atoms with van der Waals surface area (Å²) in [6.07, 6.45) is 4.67. The fraction of sp³-hybridized carbons (Fsp3) is 0.316. The second-order valence-electron chi connectivity index (χ2n) is 6.95. The van der Waals surface area contributed by atoms with Crippen molar-refractivity contribution in [1.82, 2.24) is 24.5 Å². The first kappa shape index (κ1) is 21.9. The normalized spacial score (nSPS) is 15.4. The van der Waals surface area contributed by atoms with Crippen LogP contribution in [0.1, 0.15) is 27.0 Å². The van der Waals surface area contributed by atoms with E-state index in [1.54, 1.807) is 18.4 Å². The van der Waals surface area contributed by atoms with E-state index in [1.807, 2.05) is 11.2 Å². The van der Waals surface area contributed by atoms with Crippen molar-refractivity contribution in [3.05, 3.63) is 45.9 Å². The average molecular weight is 479 g/mol. The highest BCUT2D eigenvalue weighted by Crippen LogP contribution is 2.35. The number of methoxy groups -OCH3 is 1. The molecule has 9 nitrogen and oxygen atoms in total. The Morgan fingerprint density at radius 2 is 2.06 bits per heavy atom. The van der Waals surface area contributed by atoms with Gasteiger partial charge in [0.25, 0.3) is 5.91 Å². The maximum absolute atomic E-state index is 13.1. The number of carbonyl (C=O) groups is 1. The molecule has 1 atom stereocenters. The van der Waals surface area contributed by atoms with Gasteiger partial charge in [-0.2, -0.15) is 0 Å². The zero-order valence-corrected chi connectivity index (χ0v) is 19.3. The van der Waals surface area contributed by atoms with E-state index < -0.39 is 11.4 Å². The molecule has 31 heavy (non-hydrogen) atoms. The van der Waals surface area contributed by atoms with E-state index in [2.05, 4.69) is 25.5 Å². The summed E-state index contributed by atoms with van der Waals surface area (Å²) in [5.41, 5.74) is 2.34. The van der Waals surface area contributed by atoms with Gasteiger partial charge in [-0.3, -0.25) is 15.1 Å². The predicted octanol–water partition coefficient (Wildman–Crippen LogP) is 2.91. The number of rotatable bonds is 6. The van der Waals surface area contributed by atoms with E-state index in [1.165, 1.54) is 30.8 Å². The molecule has 162 valence electrons. The Balaban J connectivity index is 1.57. The first-order valence-corrected chi connectivity index (χ1v) is 12.0. The second-order valence-corrected chi connectivity index (χ2v) is 9.71. The molecule has 1 aliphatic rings. The molecule has 3 aromatic rings. The van der Waals surface area contributed by atoms with Gasteiger partial charge in [-0.1, -0.05) is 22.9 Å². The van der Waals surface area contributed by atoms with Gasteiger partial charge in [0.15, 0.2) is 0 Å². The van der Waals surface area contributed by atoms with Gasteiger partial charge in [0.2, 0.25) is 5.13 Å². The molecule has 1 amide bonds. The molecule has 1 saturated heterocycles. The Labute approximate surface area is 191 Å². The van der Waals surface area contributed by atoms with Crippen molar-refractivity contribution in [2.24, 2.45) is 0 Å². The minimum atomic E-state index is -0.984. The van der Waals surface area contributed by atoms with Crippen LogP contribution in [0.15, 0.2) is 24.5 Å². The van der Waals surface area contributed by atoms with Gasteiger partial charge < -0.3 is 9.29 Å². The number of aryl methyl sites for hydroxylation is 1. The fourth-order valence-corrected chi connectivity index (χ4v) is 4.93. The Morgan fingerprint density at radius 1 is 1.29 bits per heavy atom. The number of anilines is 1. The minimum Gasteiger partial charge on any atom is -0.598 e.